The lowest BCUT2D eigenvalue weighted by atomic mass is 9.93. The summed E-state index contributed by atoms with van der Waals surface area (Å²) in [5.74, 6) is -2.69. The fourth-order valence-electron chi connectivity index (χ4n) is 3.71. The SMILES string of the molecule is CO[C@@H]1O[C@H](C)[C@H](N=[N+]=[N-])[C@H](O[C@H]2O[C@H](C(=O)O)[C@@H](O)[C@@H](O)[C@@H]2NC(C)=O)[C@H]1NC(C)=O. The van der Waals surface area contributed by atoms with Gasteiger partial charge < -0.3 is 44.9 Å². The van der Waals surface area contributed by atoms with Crippen LogP contribution in [-0.2, 0) is 33.3 Å². The van der Waals surface area contributed by atoms with E-state index in [1.54, 1.807) is 6.92 Å². The predicted octanol–water partition coefficient (Wildman–Crippen LogP) is -2.02. The quantitative estimate of drug-likeness (QED) is 0.159. The molecule has 0 radical (unpaired) electrons. The van der Waals surface area contributed by atoms with E-state index < -0.39 is 79.0 Å². The summed E-state index contributed by atoms with van der Waals surface area (Å²) in [6.45, 7) is 3.93. The van der Waals surface area contributed by atoms with E-state index in [4.69, 9.17) is 24.5 Å². The first-order valence-electron chi connectivity index (χ1n) is 9.68. The number of amides is 2. The van der Waals surface area contributed by atoms with Gasteiger partial charge in [0, 0.05) is 25.9 Å². The summed E-state index contributed by atoms with van der Waals surface area (Å²) >= 11 is 0. The molecule has 10 atom stereocenters. The highest BCUT2D eigenvalue weighted by molar-refractivity contribution is 5.75. The summed E-state index contributed by atoms with van der Waals surface area (Å²) in [7, 11) is 1.31. The first-order chi connectivity index (χ1) is 15.0. The minimum Gasteiger partial charge on any atom is -0.479 e. The van der Waals surface area contributed by atoms with Gasteiger partial charge in [-0.25, -0.2) is 4.79 Å². The van der Waals surface area contributed by atoms with E-state index in [0.717, 1.165) is 6.92 Å². The van der Waals surface area contributed by atoms with Crippen molar-refractivity contribution in [2.24, 2.45) is 5.11 Å². The average molecular weight is 461 g/mol. The molecule has 180 valence electrons. The molecule has 15 heteroatoms. The molecule has 0 spiro atoms. The van der Waals surface area contributed by atoms with E-state index in [0.29, 0.717) is 0 Å². The number of hydrogen-bond donors (Lipinski definition) is 5. The summed E-state index contributed by atoms with van der Waals surface area (Å²) in [6.07, 6.45) is -10.1. The minimum absolute atomic E-state index is 0.495. The molecule has 2 aliphatic rings. The van der Waals surface area contributed by atoms with Gasteiger partial charge in [0.05, 0.1) is 18.2 Å². The van der Waals surface area contributed by atoms with Crippen molar-refractivity contribution in [3.63, 3.8) is 0 Å². The van der Waals surface area contributed by atoms with Crippen LogP contribution in [0, 0.1) is 0 Å². The molecular formula is C17H27N5O10. The van der Waals surface area contributed by atoms with Gasteiger partial charge in [0.15, 0.2) is 18.7 Å². The Balaban J connectivity index is 2.46. The lowest BCUT2D eigenvalue weighted by molar-refractivity contribution is -0.302. The molecule has 0 unspecified atom stereocenters. The van der Waals surface area contributed by atoms with Gasteiger partial charge in [-0.2, -0.15) is 0 Å². The average Bonchev–Trinajstić information content (AvgIpc) is 2.70. The lowest BCUT2D eigenvalue weighted by Gasteiger charge is -2.47. The fraction of sp³-hybridized carbons (Fsp3) is 0.824. The van der Waals surface area contributed by atoms with Gasteiger partial charge in [-0.1, -0.05) is 5.11 Å². The molecule has 2 rings (SSSR count). The normalized spacial score (nSPS) is 39.4. The number of carbonyl (C=O) groups excluding carboxylic acids is 2. The van der Waals surface area contributed by atoms with Crippen molar-refractivity contribution in [3.05, 3.63) is 10.4 Å². The largest absolute Gasteiger partial charge is 0.479 e. The Morgan fingerprint density at radius 3 is 2.12 bits per heavy atom. The van der Waals surface area contributed by atoms with E-state index >= 15 is 0 Å². The van der Waals surface area contributed by atoms with Crippen LogP contribution in [0.4, 0.5) is 0 Å². The first-order valence-corrected chi connectivity index (χ1v) is 9.68. The number of azide groups is 1. The zero-order chi connectivity index (χ0) is 24.2. The zero-order valence-corrected chi connectivity index (χ0v) is 17.8. The van der Waals surface area contributed by atoms with Crippen LogP contribution in [0.1, 0.15) is 20.8 Å². The molecule has 0 saturated carbocycles. The summed E-state index contributed by atoms with van der Waals surface area (Å²) in [5.41, 5.74) is 9.00. The molecule has 5 N–H and O–H groups in total. The van der Waals surface area contributed by atoms with Crippen LogP contribution in [0.3, 0.4) is 0 Å². The molecular weight excluding hydrogens is 434 g/mol. The van der Waals surface area contributed by atoms with E-state index in [9.17, 15) is 29.7 Å². The van der Waals surface area contributed by atoms with Crippen LogP contribution >= 0.6 is 0 Å². The van der Waals surface area contributed by atoms with Gasteiger partial charge >= 0.3 is 5.97 Å². The van der Waals surface area contributed by atoms with Crippen molar-refractivity contribution in [3.8, 4) is 0 Å². The molecule has 2 aliphatic heterocycles. The van der Waals surface area contributed by atoms with Crippen molar-refractivity contribution < 1.29 is 48.7 Å². The van der Waals surface area contributed by atoms with Crippen molar-refractivity contribution in [2.45, 2.75) is 82.0 Å². The summed E-state index contributed by atoms with van der Waals surface area (Å²) in [4.78, 5) is 37.7. The van der Waals surface area contributed by atoms with E-state index in [2.05, 4.69) is 20.7 Å². The fourth-order valence-corrected chi connectivity index (χ4v) is 3.71. The van der Waals surface area contributed by atoms with Gasteiger partial charge in [0.1, 0.15) is 24.3 Å². The molecule has 32 heavy (non-hydrogen) atoms. The Morgan fingerprint density at radius 1 is 1.03 bits per heavy atom. The number of nitrogens with one attached hydrogen (secondary N) is 2. The molecule has 0 bridgehead atoms. The van der Waals surface area contributed by atoms with E-state index in [-0.39, 0.29) is 0 Å². The Bertz CT molecular complexity index is 762. The zero-order valence-electron chi connectivity index (χ0n) is 17.8. The van der Waals surface area contributed by atoms with Gasteiger partial charge in [-0.05, 0) is 12.5 Å². The summed E-state index contributed by atoms with van der Waals surface area (Å²) < 4.78 is 22.2. The summed E-state index contributed by atoms with van der Waals surface area (Å²) in [5, 5.41) is 38.5. The maximum atomic E-state index is 11.8. The highest BCUT2D eigenvalue weighted by Crippen LogP contribution is 2.31. The van der Waals surface area contributed by atoms with Crippen molar-refractivity contribution in [1.29, 1.82) is 0 Å². The number of carbonyl (C=O) groups is 3. The number of nitrogens with zero attached hydrogens (tertiary/aromatic N) is 3. The van der Waals surface area contributed by atoms with Crippen LogP contribution in [-0.4, -0.2) is 101 Å². The third-order valence-corrected chi connectivity index (χ3v) is 5.11. The molecule has 2 amide bonds. The van der Waals surface area contributed by atoms with Crippen molar-refractivity contribution >= 4 is 17.8 Å². The molecule has 2 saturated heterocycles. The van der Waals surface area contributed by atoms with Crippen molar-refractivity contribution in [2.75, 3.05) is 7.11 Å². The standard InChI is InChI=1S/C17H27N5O10/c1-5-8(21-22-18)13(10(20-7(3)24)16(29-4)30-5)31-17-9(19-6(2)23)11(25)12(26)14(32-17)15(27)28/h5,8-14,16-17,25-26H,1-4H3,(H,19,23)(H,20,24)(H,27,28)/t5-,8+,9+,10-,11+,12+,13+,14+,16-,17+/m1/s1. The number of carboxylic acids is 1. The topological polar surface area (TPSA) is 222 Å². The van der Waals surface area contributed by atoms with E-state index in [1.165, 1.54) is 14.0 Å². The first kappa shape index (κ1) is 25.7. The van der Waals surface area contributed by atoms with Gasteiger partial charge in [-0.3, -0.25) is 9.59 Å². The number of aliphatic hydroxyl groups excluding tert-OH is 2. The van der Waals surface area contributed by atoms with Crippen LogP contribution in [0.25, 0.3) is 10.4 Å². The number of hydrogen-bond acceptors (Lipinski definition) is 10. The molecule has 0 aromatic carbocycles. The van der Waals surface area contributed by atoms with Crippen LogP contribution in [0.5, 0.6) is 0 Å². The van der Waals surface area contributed by atoms with Crippen LogP contribution in [0.2, 0.25) is 0 Å². The number of rotatable bonds is 7. The molecule has 2 fully saturated rings. The molecule has 15 nitrogen and oxygen atoms in total. The Morgan fingerprint density at radius 2 is 1.62 bits per heavy atom. The second-order valence-electron chi connectivity index (χ2n) is 7.44. The molecule has 0 aliphatic carbocycles. The Hall–Kier alpha value is -2.52. The number of aliphatic carboxylic acids is 1. The third kappa shape index (κ3) is 5.63. The molecule has 0 aromatic heterocycles. The Labute approximate surface area is 182 Å². The van der Waals surface area contributed by atoms with Gasteiger partial charge in [0.25, 0.3) is 0 Å². The maximum Gasteiger partial charge on any atom is 0.335 e. The van der Waals surface area contributed by atoms with Crippen LogP contribution < -0.4 is 10.6 Å². The summed E-state index contributed by atoms with van der Waals surface area (Å²) in [6, 6.07) is -3.47. The second-order valence-corrected chi connectivity index (χ2v) is 7.44. The smallest absolute Gasteiger partial charge is 0.335 e. The Kier molecular flexibility index (Phi) is 8.74. The van der Waals surface area contributed by atoms with E-state index in [1.807, 2.05) is 0 Å². The van der Waals surface area contributed by atoms with Gasteiger partial charge in [0.2, 0.25) is 11.8 Å². The predicted molar refractivity (Wildman–Crippen MR) is 103 cm³/mol. The number of carboxylic acid groups (broad SMARTS) is 1. The van der Waals surface area contributed by atoms with Crippen molar-refractivity contribution in [1.82, 2.24) is 10.6 Å². The minimum atomic E-state index is -1.88. The second kappa shape index (κ2) is 10.9. The molecule has 2 heterocycles. The third-order valence-electron chi connectivity index (χ3n) is 5.11. The number of aliphatic hydroxyl groups is 2. The highest BCUT2D eigenvalue weighted by Gasteiger charge is 2.52. The maximum absolute atomic E-state index is 11.8. The van der Waals surface area contributed by atoms with Gasteiger partial charge in [-0.15, -0.1) is 0 Å². The number of methoxy groups -OCH3 is 1. The highest BCUT2D eigenvalue weighted by atomic mass is 16.7. The van der Waals surface area contributed by atoms with Crippen LogP contribution in [0.15, 0.2) is 5.11 Å². The molecule has 0 aromatic rings. The lowest BCUT2D eigenvalue weighted by Crippen LogP contribution is -2.69. The monoisotopic (exact) mass is 461 g/mol. The number of ether oxygens (including phenoxy) is 4.